The van der Waals surface area contributed by atoms with E-state index in [9.17, 15) is 17.6 Å². The van der Waals surface area contributed by atoms with Crippen LogP contribution in [-0.2, 0) is 16.4 Å². The largest absolute Gasteiger partial charge is 0.449 e. The lowest BCUT2D eigenvalue weighted by atomic mass is 9.98. The van der Waals surface area contributed by atoms with Crippen LogP contribution in [0.3, 0.4) is 0 Å². The topological polar surface area (TPSA) is 89.3 Å². The molecule has 3 atom stereocenters. The van der Waals surface area contributed by atoms with Crippen molar-refractivity contribution < 1.29 is 22.0 Å². The van der Waals surface area contributed by atoms with Gasteiger partial charge in [-0.05, 0) is 49.1 Å². The van der Waals surface area contributed by atoms with Crippen LogP contribution in [0.4, 0.5) is 4.39 Å². The van der Waals surface area contributed by atoms with E-state index in [1.54, 1.807) is 30.5 Å². The first kappa shape index (κ1) is 20.8. The molecule has 9 heteroatoms. The molecular weight excluding hydrogens is 431 g/mol. The van der Waals surface area contributed by atoms with E-state index in [0.29, 0.717) is 18.4 Å². The predicted molar refractivity (Wildman–Crippen MR) is 111 cm³/mol. The van der Waals surface area contributed by atoms with E-state index in [-0.39, 0.29) is 29.5 Å². The molecule has 3 aromatic rings. The van der Waals surface area contributed by atoms with Gasteiger partial charge in [0, 0.05) is 18.1 Å². The fourth-order valence-corrected chi connectivity index (χ4v) is 5.59. The molecule has 1 aliphatic carbocycles. The van der Waals surface area contributed by atoms with Crippen LogP contribution in [-0.4, -0.2) is 36.1 Å². The molecule has 1 aromatic carbocycles. The van der Waals surface area contributed by atoms with Gasteiger partial charge in [-0.1, -0.05) is 12.1 Å². The Morgan fingerprint density at radius 2 is 2.00 bits per heavy atom. The lowest BCUT2D eigenvalue weighted by Crippen LogP contribution is -2.34. The minimum atomic E-state index is -3.63. The van der Waals surface area contributed by atoms with Crippen LogP contribution in [0.1, 0.15) is 35.4 Å². The number of pyridine rings is 1. The molecule has 0 aliphatic heterocycles. The summed E-state index contributed by atoms with van der Waals surface area (Å²) in [6.45, 7) is 0.207. The predicted octanol–water partition coefficient (Wildman–Crippen LogP) is 4.03. The number of fused-ring (bicyclic) bond motifs is 1. The summed E-state index contributed by atoms with van der Waals surface area (Å²) in [6.07, 6.45) is 2.45. The molecule has 6 nitrogen and oxygen atoms in total. The maximum absolute atomic E-state index is 13.9. The van der Waals surface area contributed by atoms with E-state index >= 15 is 0 Å². The molecule has 1 saturated carbocycles. The molecule has 1 fully saturated rings. The highest BCUT2D eigenvalue weighted by Gasteiger charge is 2.37. The van der Waals surface area contributed by atoms with E-state index in [2.05, 4.69) is 10.3 Å². The van der Waals surface area contributed by atoms with Gasteiger partial charge in [-0.25, -0.2) is 12.8 Å². The van der Waals surface area contributed by atoms with Crippen molar-refractivity contribution in [1.29, 1.82) is 0 Å². The molecule has 0 bridgehead atoms. The Kier molecular flexibility index (Phi) is 5.79. The van der Waals surface area contributed by atoms with Crippen molar-refractivity contribution in [2.24, 2.45) is 0 Å². The number of nitrogens with one attached hydrogen (secondary N) is 1. The third-order valence-corrected chi connectivity index (χ3v) is 8.06. The molecular formula is C21H20ClFN2O4S. The second-order valence-corrected chi connectivity index (χ2v) is 10.2. The molecule has 2 aromatic heterocycles. The minimum Gasteiger partial charge on any atom is -0.449 e. The van der Waals surface area contributed by atoms with E-state index in [1.807, 2.05) is 0 Å². The van der Waals surface area contributed by atoms with Crippen LogP contribution in [0.25, 0.3) is 11.0 Å². The Morgan fingerprint density at radius 1 is 1.23 bits per heavy atom. The van der Waals surface area contributed by atoms with Crippen molar-refractivity contribution in [3.63, 3.8) is 0 Å². The van der Waals surface area contributed by atoms with Gasteiger partial charge in [0.2, 0.25) is 0 Å². The van der Waals surface area contributed by atoms with Crippen molar-refractivity contribution in [3.8, 4) is 0 Å². The summed E-state index contributed by atoms with van der Waals surface area (Å²) in [5.74, 6) is -0.206. The SMILES string of the molecule is O=C(NCc1ccc(S(=O)(=O)C2CCC(Cl)C(F)C2)cc1)c1cc2ccncc2o1. The van der Waals surface area contributed by atoms with Crippen LogP contribution in [0.2, 0.25) is 0 Å². The average Bonchev–Trinajstić information content (AvgIpc) is 3.18. The molecule has 0 spiro atoms. The molecule has 30 heavy (non-hydrogen) atoms. The maximum Gasteiger partial charge on any atom is 0.287 e. The first-order valence-corrected chi connectivity index (χ1v) is 11.6. The Balaban J connectivity index is 1.40. The smallest absolute Gasteiger partial charge is 0.287 e. The van der Waals surface area contributed by atoms with Gasteiger partial charge in [0.25, 0.3) is 5.91 Å². The zero-order chi connectivity index (χ0) is 21.3. The van der Waals surface area contributed by atoms with Gasteiger partial charge >= 0.3 is 0 Å². The van der Waals surface area contributed by atoms with Crippen molar-refractivity contribution >= 4 is 38.3 Å². The molecule has 158 valence electrons. The lowest BCUT2D eigenvalue weighted by Gasteiger charge is -2.28. The van der Waals surface area contributed by atoms with Crippen molar-refractivity contribution in [3.05, 3.63) is 60.1 Å². The zero-order valence-electron chi connectivity index (χ0n) is 15.9. The summed E-state index contributed by atoms with van der Waals surface area (Å²) in [7, 11) is -3.63. The summed E-state index contributed by atoms with van der Waals surface area (Å²) >= 11 is 5.86. The quantitative estimate of drug-likeness (QED) is 0.593. The summed E-state index contributed by atoms with van der Waals surface area (Å²) in [4.78, 5) is 16.4. The number of alkyl halides is 2. The third-order valence-electron chi connectivity index (χ3n) is 5.34. The van der Waals surface area contributed by atoms with Gasteiger partial charge in [-0.3, -0.25) is 9.78 Å². The second-order valence-electron chi connectivity index (χ2n) is 7.36. The Morgan fingerprint density at radius 3 is 2.70 bits per heavy atom. The standard InChI is InChI=1S/C21H20ClFN2O4S/c22-17-6-5-16(10-18(17)23)30(27,28)15-3-1-13(2-4-15)11-25-21(26)19-9-14-7-8-24-12-20(14)29-19/h1-4,7-9,12,16-18H,5-6,10-11H2,(H,25,26). The highest BCUT2D eigenvalue weighted by Crippen LogP contribution is 2.33. The Hall–Kier alpha value is -2.45. The van der Waals surface area contributed by atoms with E-state index in [0.717, 1.165) is 10.9 Å². The second kappa shape index (κ2) is 8.35. The zero-order valence-corrected chi connectivity index (χ0v) is 17.5. The highest BCUT2D eigenvalue weighted by molar-refractivity contribution is 7.92. The van der Waals surface area contributed by atoms with Gasteiger partial charge in [0.1, 0.15) is 6.17 Å². The number of hydrogen-bond donors (Lipinski definition) is 1. The number of rotatable bonds is 5. The number of carbonyl (C=O) groups is 1. The molecule has 0 saturated heterocycles. The number of benzene rings is 1. The number of sulfone groups is 1. The number of halogens is 2. The van der Waals surface area contributed by atoms with Crippen LogP contribution in [0.15, 0.2) is 58.1 Å². The van der Waals surface area contributed by atoms with Crippen LogP contribution in [0, 0.1) is 0 Å². The van der Waals surface area contributed by atoms with Crippen molar-refractivity contribution in [1.82, 2.24) is 10.3 Å². The fraction of sp³-hybridized carbons (Fsp3) is 0.333. The van der Waals surface area contributed by atoms with E-state index in [4.69, 9.17) is 16.0 Å². The molecule has 1 aliphatic rings. The number of aromatic nitrogens is 1. The Labute approximate surface area is 178 Å². The van der Waals surface area contributed by atoms with Gasteiger partial charge in [0.05, 0.1) is 21.7 Å². The fourth-order valence-electron chi connectivity index (χ4n) is 3.58. The number of furan rings is 1. The number of nitrogens with zero attached hydrogens (tertiary/aromatic N) is 1. The number of amides is 1. The minimum absolute atomic E-state index is 0.0820. The maximum atomic E-state index is 13.9. The summed E-state index contributed by atoms with van der Waals surface area (Å²) < 4.78 is 44.9. The summed E-state index contributed by atoms with van der Waals surface area (Å²) in [6, 6.07) is 9.63. The molecule has 4 rings (SSSR count). The van der Waals surface area contributed by atoms with Gasteiger partial charge in [0.15, 0.2) is 21.2 Å². The normalized spacial score (nSPS) is 22.1. The molecule has 2 heterocycles. The first-order valence-electron chi connectivity index (χ1n) is 9.57. The van der Waals surface area contributed by atoms with Crippen molar-refractivity contribution in [2.45, 2.75) is 47.5 Å². The van der Waals surface area contributed by atoms with Gasteiger partial charge < -0.3 is 9.73 Å². The first-order chi connectivity index (χ1) is 14.3. The highest BCUT2D eigenvalue weighted by atomic mass is 35.5. The van der Waals surface area contributed by atoms with Gasteiger partial charge in [-0.2, -0.15) is 0 Å². The average molecular weight is 451 g/mol. The Bertz CT molecular complexity index is 1130. The van der Waals surface area contributed by atoms with Crippen LogP contribution < -0.4 is 5.32 Å². The monoisotopic (exact) mass is 450 g/mol. The van der Waals surface area contributed by atoms with Crippen LogP contribution in [0.5, 0.6) is 0 Å². The summed E-state index contributed by atoms with van der Waals surface area (Å²) in [5.41, 5.74) is 1.25. The van der Waals surface area contributed by atoms with Gasteiger partial charge in [-0.15, -0.1) is 11.6 Å². The van der Waals surface area contributed by atoms with Crippen LogP contribution >= 0.6 is 11.6 Å². The lowest BCUT2D eigenvalue weighted by molar-refractivity contribution is 0.0925. The van der Waals surface area contributed by atoms with E-state index in [1.165, 1.54) is 18.3 Å². The van der Waals surface area contributed by atoms with Crippen molar-refractivity contribution in [2.75, 3.05) is 0 Å². The molecule has 0 radical (unpaired) electrons. The molecule has 1 amide bonds. The third kappa shape index (κ3) is 4.20. The number of carbonyl (C=O) groups excluding carboxylic acids is 1. The van der Waals surface area contributed by atoms with E-state index < -0.39 is 26.6 Å². The molecule has 1 N–H and O–H groups in total. The summed E-state index contributed by atoms with van der Waals surface area (Å²) in [5, 5.41) is 2.13. The number of hydrogen-bond acceptors (Lipinski definition) is 5. The molecule has 3 unspecified atom stereocenters.